The summed E-state index contributed by atoms with van der Waals surface area (Å²) in [6.07, 6.45) is 0.941. The molecule has 0 spiro atoms. The molecule has 10 heteroatoms. The molecule has 0 radical (unpaired) electrons. The van der Waals surface area contributed by atoms with Crippen LogP contribution in [0.2, 0.25) is 0 Å². The highest BCUT2D eigenvalue weighted by Crippen LogP contribution is 2.41. The molecule has 2 unspecified atom stereocenters. The summed E-state index contributed by atoms with van der Waals surface area (Å²) in [4.78, 5) is 3.90. The number of aromatic nitrogens is 1. The molecule has 2 atom stereocenters. The number of piperidine rings is 1. The minimum absolute atomic E-state index is 0.0440. The van der Waals surface area contributed by atoms with Gasteiger partial charge in [-0.25, -0.2) is 8.42 Å². The fraction of sp³-hybridized carbons (Fsp3) is 0.421. The fourth-order valence-electron chi connectivity index (χ4n) is 4.12. The van der Waals surface area contributed by atoms with Crippen LogP contribution in [-0.4, -0.2) is 42.3 Å². The maximum absolute atomic E-state index is 13.1. The summed E-state index contributed by atoms with van der Waals surface area (Å²) in [5, 5.41) is 0. The molecule has 2 bridgehead atoms. The number of fused-ring (bicyclic) bond motifs is 2. The van der Waals surface area contributed by atoms with Gasteiger partial charge in [0.05, 0.1) is 4.90 Å². The van der Waals surface area contributed by atoms with Gasteiger partial charge in [-0.05, 0) is 49.2 Å². The van der Waals surface area contributed by atoms with Gasteiger partial charge in [0.1, 0.15) is 17.6 Å². The third-order valence-electron chi connectivity index (χ3n) is 5.21. The highest BCUT2D eigenvalue weighted by atomic mass is 32.2. The van der Waals surface area contributed by atoms with Gasteiger partial charge in [-0.15, -0.1) is 13.2 Å². The first-order valence-electron chi connectivity index (χ1n) is 9.18. The molecule has 156 valence electrons. The summed E-state index contributed by atoms with van der Waals surface area (Å²) >= 11 is 0. The van der Waals surface area contributed by atoms with Crippen molar-refractivity contribution in [3.05, 3.63) is 48.8 Å². The van der Waals surface area contributed by atoms with Crippen LogP contribution in [0.5, 0.6) is 11.5 Å². The quantitative estimate of drug-likeness (QED) is 0.726. The average Bonchev–Trinajstić information content (AvgIpc) is 2.94. The lowest BCUT2D eigenvalue weighted by Crippen LogP contribution is -2.49. The van der Waals surface area contributed by atoms with E-state index in [1.807, 2.05) is 0 Å². The van der Waals surface area contributed by atoms with Gasteiger partial charge in [-0.3, -0.25) is 4.98 Å². The molecule has 2 fully saturated rings. The van der Waals surface area contributed by atoms with Crippen molar-refractivity contribution in [2.45, 2.75) is 55.1 Å². The Morgan fingerprint density at radius 1 is 0.931 bits per heavy atom. The zero-order chi connectivity index (χ0) is 20.6. The second-order valence-corrected chi connectivity index (χ2v) is 8.98. The van der Waals surface area contributed by atoms with Crippen LogP contribution < -0.4 is 9.47 Å². The standard InChI is InChI=1S/C19H19F3N2O4S/c20-19(21,22)28-16-3-5-18(6-4-16)29(25,26)24-13-1-2-14(24)12-17(11-13)27-15-7-9-23-10-8-15/h3-10,13-14,17H,1-2,11-12H2. The molecule has 0 N–H and O–H groups in total. The number of rotatable bonds is 5. The molecule has 6 nitrogen and oxygen atoms in total. The Kier molecular flexibility index (Phi) is 5.16. The molecule has 1 aromatic heterocycles. The van der Waals surface area contributed by atoms with Gasteiger partial charge in [0.25, 0.3) is 0 Å². The molecular weight excluding hydrogens is 409 g/mol. The number of hydrogen-bond donors (Lipinski definition) is 0. The van der Waals surface area contributed by atoms with Gasteiger partial charge >= 0.3 is 6.36 Å². The van der Waals surface area contributed by atoms with Gasteiger partial charge in [-0.2, -0.15) is 4.31 Å². The molecular formula is C19H19F3N2O4S. The maximum Gasteiger partial charge on any atom is 0.573 e. The summed E-state index contributed by atoms with van der Waals surface area (Å²) in [5.74, 6) is 0.241. The molecule has 0 aliphatic carbocycles. The Hall–Kier alpha value is -2.33. The van der Waals surface area contributed by atoms with Gasteiger partial charge < -0.3 is 9.47 Å². The Morgan fingerprint density at radius 3 is 2.07 bits per heavy atom. The van der Waals surface area contributed by atoms with Crippen molar-refractivity contribution in [1.82, 2.24) is 9.29 Å². The monoisotopic (exact) mass is 428 g/mol. The van der Waals surface area contributed by atoms with Crippen molar-refractivity contribution in [3.8, 4) is 11.5 Å². The highest BCUT2D eigenvalue weighted by molar-refractivity contribution is 7.89. The summed E-state index contributed by atoms with van der Waals surface area (Å²) in [6.45, 7) is 0. The Bertz CT molecular complexity index is 938. The van der Waals surface area contributed by atoms with Crippen molar-refractivity contribution in [2.75, 3.05) is 0 Å². The normalized spacial score (nSPS) is 25.0. The van der Waals surface area contributed by atoms with Gasteiger partial charge in [0, 0.05) is 37.3 Å². The lowest BCUT2D eigenvalue weighted by atomic mass is 10.0. The van der Waals surface area contributed by atoms with E-state index in [2.05, 4.69) is 9.72 Å². The van der Waals surface area contributed by atoms with Crippen LogP contribution in [0.25, 0.3) is 0 Å². The predicted molar refractivity (Wildman–Crippen MR) is 96.8 cm³/mol. The minimum atomic E-state index is -4.82. The summed E-state index contributed by atoms with van der Waals surface area (Å²) in [7, 11) is -3.82. The average molecular weight is 428 g/mol. The maximum atomic E-state index is 13.1. The van der Waals surface area contributed by atoms with Gasteiger partial charge in [0.15, 0.2) is 0 Å². The molecule has 2 aliphatic heterocycles. The highest BCUT2D eigenvalue weighted by Gasteiger charge is 2.48. The van der Waals surface area contributed by atoms with Crippen LogP contribution in [0.4, 0.5) is 13.2 Å². The fourth-order valence-corrected chi connectivity index (χ4v) is 6.01. The number of pyridine rings is 1. The molecule has 0 saturated carbocycles. The first-order chi connectivity index (χ1) is 13.7. The van der Waals surface area contributed by atoms with Crippen LogP contribution in [0.1, 0.15) is 25.7 Å². The van der Waals surface area contributed by atoms with E-state index in [0.29, 0.717) is 18.6 Å². The Balaban J connectivity index is 1.48. The largest absolute Gasteiger partial charge is 0.573 e. The van der Waals surface area contributed by atoms with Crippen molar-refractivity contribution < 1.29 is 31.1 Å². The van der Waals surface area contributed by atoms with Gasteiger partial charge in [0.2, 0.25) is 10.0 Å². The summed E-state index contributed by atoms with van der Waals surface area (Å²) < 4.78 is 74.5. The van der Waals surface area contributed by atoms with Crippen LogP contribution in [0.3, 0.4) is 0 Å². The number of alkyl halides is 3. The van der Waals surface area contributed by atoms with Crippen LogP contribution in [0.15, 0.2) is 53.7 Å². The zero-order valence-corrected chi connectivity index (χ0v) is 16.1. The number of sulfonamides is 1. The minimum Gasteiger partial charge on any atom is -0.490 e. The molecule has 4 rings (SSSR count). The Morgan fingerprint density at radius 2 is 1.52 bits per heavy atom. The van der Waals surface area contributed by atoms with E-state index >= 15 is 0 Å². The number of halogens is 3. The second-order valence-electron chi connectivity index (χ2n) is 7.13. The lowest BCUT2D eigenvalue weighted by Gasteiger charge is -2.37. The van der Waals surface area contributed by atoms with Crippen LogP contribution in [0, 0.1) is 0 Å². The first kappa shape index (κ1) is 20.0. The molecule has 2 aromatic rings. The number of nitrogens with zero attached hydrogens (tertiary/aromatic N) is 2. The van der Waals surface area contributed by atoms with E-state index < -0.39 is 22.1 Å². The third kappa shape index (κ3) is 4.32. The molecule has 1 aromatic carbocycles. The molecule has 29 heavy (non-hydrogen) atoms. The first-order valence-corrected chi connectivity index (χ1v) is 10.6. The van der Waals surface area contributed by atoms with Crippen molar-refractivity contribution in [3.63, 3.8) is 0 Å². The molecule has 2 aliphatic rings. The molecule has 3 heterocycles. The third-order valence-corrected chi connectivity index (χ3v) is 7.23. The number of hydrogen-bond acceptors (Lipinski definition) is 5. The van der Waals surface area contributed by atoms with E-state index in [1.54, 1.807) is 24.5 Å². The van der Waals surface area contributed by atoms with Crippen molar-refractivity contribution in [1.29, 1.82) is 0 Å². The van der Waals surface area contributed by atoms with Crippen molar-refractivity contribution >= 4 is 10.0 Å². The van der Waals surface area contributed by atoms with E-state index in [4.69, 9.17) is 4.74 Å². The van der Waals surface area contributed by atoms with Crippen LogP contribution >= 0.6 is 0 Å². The topological polar surface area (TPSA) is 68.7 Å². The number of ether oxygens (including phenoxy) is 2. The van der Waals surface area contributed by atoms with E-state index in [1.165, 1.54) is 4.31 Å². The van der Waals surface area contributed by atoms with E-state index in [-0.39, 0.29) is 23.1 Å². The van der Waals surface area contributed by atoms with E-state index in [9.17, 15) is 21.6 Å². The molecule has 0 amide bonds. The smallest absolute Gasteiger partial charge is 0.490 e. The molecule has 2 saturated heterocycles. The lowest BCUT2D eigenvalue weighted by molar-refractivity contribution is -0.274. The predicted octanol–water partition coefficient (Wildman–Crippen LogP) is 3.74. The number of benzene rings is 1. The van der Waals surface area contributed by atoms with Crippen LogP contribution in [-0.2, 0) is 10.0 Å². The Labute approximate surface area is 166 Å². The second kappa shape index (κ2) is 7.49. The zero-order valence-electron chi connectivity index (χ0n) is 15.2. The van der Waals surface area contributed by atoms with Gasteiger partial charge in [-0.1, -0.05) is 0 Å². The summed E-state index contributed by atoms with van der Waals surface area (Å²) in [5.41, 5.74) is 0. The van der Waals surface area contributed by atoms with E-state index in [0.717, 1.165) is 37.1 Å². The van der Waals surface area contributed by atoms with Crippen molar-refractivity contribution in [2.24, 2.45) is 0 Å². The summed E-state index contributed by atoms with van der Waals surface area (Å²) in [6, 6.07) is 7.45. The SMILES string of the molecule is O=S(=O)(c1ccc(OC(F)(F)F)cc1)N1C2CCC1CC(Oc1ccncc1)C2.